The van der Waals surface area contributed by atoms with Gasteiger partial charge in [0.1, 0.15) is 0 Å². The van der Waals surface area contributed by atoms with Gasteiger partial charge in [-0.2, -0.15) is 0 Å². The topological polar surface area (TPSA) is 88.4 Å². The van der Waals surface area contributed by atoms with E-state index in [4.69, 9.17) is 21.1 Å². The van der Waals surface area contributed by atoms with Crippen LogP contribution in [0.25, 0.3) is 11.3 Å². The maximum absolute atomic E-state index is 13.2. The van der Waals surface area contributed by atoms with E-state index in [2.05, 4.69) is 16.7 Å². The Balaban J connectivity index is 1.82. The summed E-state index contributed by atoms with van der Waals surface area (Å²) in [6, 6.07) is 10.6. The Morgan fingerprint density at radius 2 is 2.12 bits per heavy atom. The van der Waals surface area contributed by atoms with Crippen LogP contribution in [-0.4, -0.2) is 28.5 Å². The number of hydrogen-bond donors (Lipinski definition) is 1. The first kappa shape index (κ1) is 20.6. The molecular weight excluding hydrogens is 452 g/mol. The zero-order valence-electron chi connectivity index (χ0n) is 17.0. The molecule has 0 radical (unpaired) electrons. The summed E-state index contributed by atoms with van der Waals surface area (Å²) in [4.78, 5) is 30.5. The highest BCUT2D eigenvalue weighted by molar-refractivity contribution is 7.99. The number of carbonyl (C=O) groups excluding carboxylic acids is 1. The Bertz CT molecular complexity index is 1330. The molecule has 162 valence electrons. The average Bonchev–Trinajstić information content (AvgIpc) is 3.23. The van der Waals surface area contributed by atoms with Gasteiger partial charge in [0.25, 0.3) is 6.17 Å². The van der Waals surface area contributed by atoms with Crippen LogP contribution in [0.1, 0.15) is 18.7 Å². The van der Waals surface area contributed by atoms with Crippen molar-refractivity contribution in [3.05, 3.63) is 70.0 Å². The van der Waals surface area contributed by atoms with Crippen molar-refractivity contribution in [1.82, 2.24) is 10.1 Å². The molecule has 0 saturated carbocycles. The summed E-state index contributed by atoms with van der Waals surface area (Å²) < 4.78 is 12.5. The number of ether oxygens (including phenoxy) is 2. The molecule has 0 spiro atoms. The van der Waals surface area contributed by atoms with Gasteiger partial charge in [-0.05, 0) is 22.9 Å². The molecular formula is C22H18ClN4O4S+. The van der Waals surface area contributed by atoms with Crippen LogP contribution in [0.2, 0.25) is 5.02 Å². The van der Waals surface area contributed by atoms with Crippen LogP contribution in [0, 0.1) is 0 Å². The summed E-state index contributed by atoms with van der Waals surface area (Å²) in [5.74, 6) is 1.37. The number of carbonyl (C=O) groups is 1. The molecule has 1 atom stereocenters. The van der Waals surface area contributed by atoms with Gasteiger partial charge in [0.05, 0.1) is 21.8 Å². The van der Waals surface area contributed by atoms with Crippen LogP contribution in [0.3, 0.4) is 0 Å². The zero-order chi connectivity index (χ0) is 22.4. The van der Waals surface area contributed by atoms with Gasteiger partial charge in [-0.25, -0.2) is 4.90 Å². The fraction of sp³-hybridized carbons (Fsp3) is 0.182. The minimum Gasteiger partial charge on any atom is -0.454 e. The van der Waals surface area contributed by atoms with E-state index in [0.29, 0.717) is 49.9 Å². The van der Waals surface area contributed by atoms with Gasteiger partial charge < -0.3 is 9.47 Å². The highest BCUT2D eigenvalue weighted by Crippen LogP contribution is 2.43. The summed E-state index contributed by atoms with van der Waals surface area (Å²) in [6.07, 6.45) is 0.919. The second-order valence-corrected chi connectivity index (χ2v) is 8.57. The largest absolute Gasteiger partial charge is 0.454 e. The highest BCUT2D eigenvalue weighted by atomic mass is 35.5. The van der Waals surface area contributed by atoms with E-state index in [1.807, 2.05) is 12.1 Å². The Labute approximate surface area is 192 Å². The molecule has 3 aromatic rings. The molecule has 8 nitrogen and oxygen atoms in total. The lowest BCUT2D eigenvalue weighted by Gasteiger charge is -2.31. The quantitative estimate of drug-likeness (QED) is 0.358. The number of aromatic amines is 1. The van der Waals surface area contributed by atoms with Gasteiger partial charge in [0.15, 0.2) is 11.5 Å². The first-order valence-corrected chi connectivity index (χ1v) is 11.1. The van der Waals surface area contributed by atoms with E-state index in [1.165, 1.54) is 18.7 Å². The summed E-state index contributed by atoms with van der Waals surface area (Å²) in [6.45, 7) is 5.27. The molecule has 1 amide bonds. The predicted molar refractivity (Wildman–Crippen MR) is 120 cm³/mol. The summed E-state index contributed by atoms with van der Waals surface area (Å²) in [5, 5.41) is 5.46. The summed E-state index contributed by atoms with van der Waals surface area (Å²) >= 11 is 7.98. The fourth-order valence-electron chi connectivity index (χ4n) is 3.93. The van der Waals surface area contributed by atoms with Crippen molar-refractivity contribution in [2.75, 3.05) is 17.4 Å². The van der Waals surface area contributed by atoms with Crippen LogP contribution in [0.15, 0.2) is 59.0 Å². The molecule has 2 aromatic carbocycles. The van der Waals surface area contributed by atoms with Crippen molar-refractivity contribution in [2.24, 2.45) is 0 Å². The molecule has 2 aliphatic heterocycles. The molecule has 2 aliphatic rings. The Hall–Kier alpha value is -3.30. The molecule has 10 heteroatoms. The van der Waals surface area contributed by atoms with Crippen LogP contribution < -0.4 is 24.6 Å². The third-order valence-corrected chi connectivity index (χ3v) is 6.39. The van der Waals surface area contributed by atoms with E-state index >= 15 is 0 Å². The number of benzene rings is 2. The first-order valence-electron chi connectivity index (χ1n) is 9.77. The maximum atomic E-state index is 13.2. The number of H-pyrrole nitrogens is 1. The van der Waals surface area contributed by atoms with Crippen LogP contribution in [0.4, 0.5) is 5.69 Å². The number of nitrogens with one attached hydrogen (secondary N) is 1. The lowest BCUT2D eigenvalue weighted by molar-refractivity contribution is -0.763. The van der Waals surface area contributed by atoms with Crippen molar-refractivity contribution >= 4 is 35.0 Å². The number of para-hydroxylation sites is 1. The summed E-state index contributed by atoms with van der Waals surface area (Å²) in [5.41, 5.74) is 1.77. The standard InChI is InChI=1S/C22H17ClN4O4S/c1-3-8-32-22-24-20(29)19-13-6-4-5-7-16(13)26(12(2)28)21(27(19)25-22)14-9-17-18(10-15(14)23)31-11-30-17/h3-7,9-10,21H,1,8,11H2,2H3/p+1/t21-/m1/s1. The monoisotopic (exact) mass is 469 g/mol. The minimum absolute atomic E-state index is 0.0863. The van der Waals surface area contributed by atoms with E-state index in [0.717, 1.165) is 0 Å². The third-order valence-electron chi connectivity index (χ3n) is 5.21. The molecule has 0 fully saturated rings. The minimum atomic E-state index is -0.801. The zero-order valence-corrected chi connectivity index (χ0v) is 18.6. The maximum Gasteiger partial charge on any atom is 0.325 e. The number of fused-ring (bicyclic) bond motifs is 4. The predicted octanol–water partition coefficient (Wildman–Crippen LogP) is 3.30. The summed E-state index contributed by atoms with van der Waals surface area (Å²) in [7, 11) is 0. The van der Waals surface area contributed by atoms with E-state index in [9.17, 15) is 9.59 Å². The van der Waals surface area contributed by atoms with Gasteiger partial charge in [-0.15, -0.1) is 6.58 Å². The van der Waals surface area contributed by atoms with E-state index in [1.54, 1.807) is 39.9 Å². The normalized spacial score (nSPS) is 15.8. The second-order valence-electron chi connectivity index (χ2n) is 7.16. The molecule has 32 heavy (non-hydrogen) atoms. The molecule has 0 bridgehead atoms. The number of nitrogens with zero attached hydrogens (tertiary/aromatic N) is 3. The highest BCUT2D eigenvalue weighted by Gasteiger charge is 2.46. The van der Waals surface area contributed by atoms with E-state index in [-0.39, 0.29) is 18.3 Å². The molecule has 0 unspecified atom stereocenters. The van der Waals surface area contributed by atoms with Crippen molar-refractivity contribution < 1.29 is 19.0 Å². The van der Waals surface area contributed by atoms with Crippen molar-refractivity contribution in [3.63, 3.8) is 0 Å². The van der Waals surface area contributed by atoms with Crippen molar-refractivity contribution in [2.45, 2.75) is 18.2 Å². The number of anilines is 1. The van der Waals surface area contributed by atoms with Crippen LogP contribution >= 0.6 is 23.4 Å². The van der Waals surface area contributed by atoms with Gasteiger partial charge >= 0.3 is 11.3 Å². The fourth-order valence-corrected chi connectivity index (χ4v) is 4.76. The second kappa shape index (κ2) is 7.99. The van der Waals surface area contributed by atoms with Crippen molar-refractivity contribution in [3.8, 4) is 22.8 Å². The average molecular weight is 470 g/mol. The lowest BCUT2D eigenvalue weighted by atomic mass is 10.0. The Kier molecular flexibility index (Phi) is 5.15. The van der Waals surface area contributed by atoms with Gasteiger partial charge in [0.2, 0.25) is 17.9 Å². The lowest BCUT2D eigenvalue weighted by Crippen LogP contribution is -2.60. The third kappa shape index (κ3) is 3.25. The number of amides is 1. The van der Waals surface area contributed by atoms with Gasteiger partial charge in [-0.1, -0.05) is 41.6 Å². The van der Waals surface area contributed by atoms with Gasteiger partial charge in [0, 0.05) is 23.8 Å². The number of halogens is 1. The molecule has 1 aromatic heterocycles. The molecule has 5 rings (SSSR count). The molecule has 0 saturated heterocycles. The Morgan fingerprint density at radius 1 is 1.38 bits per heavy atom. The van der Waals surface area contributed by atoms with Crippen LogP contribution in [-0.2, 0) is 4.79 Å². The number of aromatic nitrogens is 3. The molecule has 1 N–H and O–H groups in total. The number of thioether (sulfide) groups is 1. The molecule has 0 aliphatic carbocycles. The SMILES string of the molecule is C=CCSc1n[n+]2c(c(=O)[nH]1)-c1ccccc1N(C(C)=O)[C@H]2c1cc2c(cc1Cl)OCO2. The Morgan fingerprint density at radius 3 is 2.88 bits per heavy atom. The van der Waals surface area contributed by atoms with Crippen LogP contribution in [0.5, 0.6) is 11.5 Å². The first-order chi connectivity index (χ1) is 15.5. The smallest absolute Gasteiger partial charge is 0.325 e. The number of hydrogen-bond acceptors (Lipinski definition) is 6. The molecule has 3 heterocycles. The van der Waals surface area contributed by atoms with Gasteiger partial charge in [-0.3, -0.25) is 14.6 Å². The number of rotatable bonds is 4. The van der Waals surface area contributed by atoms with Crippen molar-refractivity contribution in [1.29, 1.82) is 0 Å². The van der Waals surface area contributed by atoms with E-state index < -0.39 is 6.17 Å².